The summed E-state index contributed by atoms with van der Waals surface area (Å²) >= 11 is 0. The maximum Gasteiger partial charge on any atom is 0.152 e. The molecule has 0 radical (unpaired) electrons. The number of rotatable bonds is 3. The zero-order valence-corrected chi connectivity index (χ0v) is 11.8. The molecule has 0 saturated carbocycles. The van der Waals surface area contributed by atoms with Crippen LogP contribution in [-0.2, 0) is 0 Å². The zero-order valence-electron chi connectivity index (χ0n) is 11.8. The average Bonchev–Trinajstić information content (AvgIpc) is 2.84. The van der Waals surface area contributed by atoms with Crippen LogP contribution in [0.25, 0.3) is 11.0 Å². The van der Waals surface area contributed by atoms with Crippen LogP contribution in [0, 0.1) is 13.8 Å². The van der Waals surface area contributed by atoms with Gasteiger partial charge in [-0.05, 0) is 44.7 Å². The highest BCUT2D eigenvalue weighted by atomic mass is 16.3. The number of furan rings is 1. The van der Waals surface area contributed by atoms with E-state index in [9.17, 15) is 0 Å². The molecule has 3 aromatic rings. The number of nitrogens with zero attached hydrogens (tertiary/aromatic N) is 2. The Kier molecular flexibility index (Phi) is 3.24. The van der Waals surface area contributed by atoms with Crippen LogP contribution in [-0.4, -0.2) is 17.0 Å². The van der Waals surface area contributed by atoms with Gasteiger partial charge in [0.25, 0.3) is 0 Å². The normalized spacial score (nSPS) is 12.8. The lowest BCUT2D eigenvalue weighted by molar-refractivity contribution is 0.478. The number of hydrogen-bond acceptors (Lipinski definition) is 4. The quantitative estimate of drug-likeness (QED) is 0.792. The lowest BCUT2D eigenvalue weighted by Crippen LogP contribution is -2.19. The number of nitrogens with one attached hydrogen (secondary N) is 1. The van der Waals surface area contributed by atoms with Crippen LogP contribution in [0.5, 0.6) is 0 Å². The van der Waals surface area contributed by atoms with E-state index < -0.39 is 0 Å². The predicted molar refractivity (Wildman–Crippen MR) is 78.6 cm³/mol. The number of hydrogen-bond donors (Lipinski definition) is 1. The molecular formula is C16H17N3O. The Labute approximate surface area is 117 Å². The molecule has 102 valence electrons. The van der Waals surface area contributed by atoms with Crippen LogP contribution in [0.15, 0.2) is 41.1 Å². The Balaban J connectivity index is 2.04. The van der Waals surface area contributed by atoms with Crippen LogP contribution in [0.3, 0.4) is 0 Å². The first-order valence-electron chi connectivity index (χ1n) is 6.63. The zero-order chi connectivity index (χ0) is 14.1. The number of benzene rings is 1. The molecule has 4 heteroatoms. The van der Waals surface area contributed by atoms with E-state index in [1.165, 1.54) is 5.56 Å². The van der Waals surface area contributed by atoms with Crippen molar-refractivity contribution < 1.29 is 4.42 Å². The second-order valence-electron chi connectivity index (χ2n) is 5.03. The fourth-order valence-corrected chi connectivity index (χ4v) is 2.28. The van der Waals surface area contributed by atoms with Gasteiger partial charge in [-0.2, -0.15) is 0 Å². The first-order chi connectivity index (χ1) is 9.67. The Morgan fingerprint density at radius 2 is 1.80 bits per heavy atom. The van der Waals surface area contributed by atoms with Crippen LogP contribution in [0.4, 0.5) is 0 Å². The summed E-state index contributed by atoms with van der Waals surface area (Å²) in [5, 5.41) is 4.31. The van der Waals surface area contributed by atoms with Crippen LogP contribution < -0.4 is 5.32 Å². The third kappa shape index (κ3) is 2.30. The van der Waals surface area contributed by atoms with Gasteiger partial charge in [-0.3, -0.25) is 0 Å². The summed E-state index contributed by atoms with van der Waals surface area (Å²) in [7, 11) is 1.88. The largest absolute Gasteiger partial charge is 0.459 e. The average molecular weight is 267 g/mol. The molecule has 0 bridgehead atoms. The van der Waals surface area contributed by atoms with Gasteiger partial charge in [-0.25, -0.2) is 9.97 Å². The number of aryl methyl sites for hydroxylation is 2. The topological polar surface area (TPSA) is 51.0 Å². The molecular weight excluding hydrogens is 250 g/mol. The van der Waals surface area contributed by atoms with Crippen LogP contribution >= 0.6 is 0 Å². The summed E-state index contributed by atoms with van der Waals surface area (Å²) in [5.74, 6) is 1.55. The molecule has 1 unspecified atom stereocenters. The monoisotopic (exact) mass is 267 g/mol. The highest BCUT2D eigenvalue weighted by Crippen LogP contribution is 2.27. The molecule has 0 fully saturated rings. The number of aromatic nitrogens is 2. The van der Waals surface area contributed by atoms with E-state index >= 15 is 0 Å². The van der Waals surface area contributed by atoms with Crippen LogP contribution in [0.1, 0.15) is 28.8 Å². The number of fused-ring (bicyclic) bond motifs is 1. The highest BCUT2D eigenvalue weighted by molar-refractivity contribution is 5.78. The van der Waals surface area contributed by atoms with E-state index in [2.05, 4.69) is 28.3 Å². The van der Waals surface area contributed by atoms with Crippen molar-refractivity contribution in [3.63, 3.8) is 0 Å². The molecule has 1 atom stereocenters. The molecule has 0 aliphatic rings. The second-order valence-corrected chi connectivity index (χ2v) is 5.03. The maximum atomic E-state index is 5.92. The molecule has 1 N–H and O–H groups in total. The second kappa shape index (κ2) is 5.06. The Bertz CT molecular complexity index is 731. The molecule has 0 spiro atoms. The van der Waals surface area contributed by atoms with E-state index in [0.717, 1.165) is 22.3 Å². The smallest absolute Gasteiger partial charge is 0.152 e. The molecule has 0 aliphatic heterocycles. The Morgan fingerprint density at radius 1 is 1.05 bits per heavy atom. The molecule has 0 amide bonds. The molecule has 1 aromatic carbocycles. The van der Waals surface area contributed by atoms with Crippen molar-refractivity contribution in [1.82, 2.24) is 15.3 Å². The van der Waals surface area contributed by atoms with Crippen molar-refractivity contribution in [2.45, 2.75) is 19.9 Å². The summed E-state index contributed by atoms with van der Waals surface area (Å²) in [6.45, 7) is 4.05. The lowest BCUT2D eigenvalue weighted by Gasteiger charge is -2.11. The van der Waals surface area contributed by atoms with Gasteiger partial charge in [0.05, 0.1) is 0 Å². The van der Waals surface area contributed by atoms with E-state index in [1.54, 1.807) is 0 Å². The Hall–Kier alpha value is -2.20. The molecule has 20 heavy (non-hydrogen) atoms. The third-order valence-corrected chi connectivity index (χ3v) is 3.32. The summed E-state index contributed by atoms with van der Waals surface area (Å²) in [6, 6.07) is 8.07. The fourth-order valence-electron chi connectivity index (χ4n) is 2.28. The molecule has 2 heterocycles. The van der Waals surface area contributed by atoms with Crippen LogP contribution in [0.2, 0.25) is 0 Å². The predicted octanol–water partition coefficient (Wildman–Crippen LogP) is 3.15. The van der Waals surface area contributed by atoms with Gasteiger partial charge in [0.15, 0.2) is 5.82 Å². The van der Waals surface area contributed by atoms with Crippen molar-refractivity contribution in [1.29, 1.82) is 0 Å². The van der Waals surface area contributed by atoms with Crippen molar-refractivity contribution in [3.8, 4) is 0 Å². The van der Waals surface area contributed by atoms with Gasteiger partial charge in [0.1, 0.15) is 17.4 Å². The van der Waals surface area contributed by atoms with E-state index in [4.69, 9.17) is 4.42 Å². The standard InChI is InChI=1S/C16H17N3O/c1-10-4-5-13-12(6-10)7-14(20-13)15(17-3)16-18-8-11(2)9-19-16/h4-9,15,17H,1-3H3. The molecule has 0 saturated heterocycles. The SMILES string of the molecule is CNC(c1ncc(C)cn1)c1cc2cc(C)ccc2o1. The van der Waals surface area contributed by atoms with Gasteiger partial charge in [-0.1, -0.05) is 11.6 Å². The van der Waals surface area contributed by atoms with Crippen molar-refractivity contribution in [2.24, 2.45) is 0 Å². The van der Waals surface area contributed by atoms with E-state index in [1.807, 2.05) is 44.6 Å². The van der Waals surface area contributed by atoms with Gasteiger partial charge in [0.2, 0.25) is 0 Å². The van der Waals surface area contributed by atoms with Crippen molar-refractivity contribution >= 4 is 11.0 Å². The summed E-state index contributed by atoms with van der Waals surface area (Å²) in [5.41, 5.74) is 3.15. The van der Waals surface area contributed by atoms with E-state index in [0.29, 0.717) is 5.82 Å². The van der Waals surface area contributed by atoms with Crippen molar-refractivity contribution in [2.75, 3.05) is 7.05 Å². The molecule has 2 aromatic heterocycles. The van der Waals surface area contributed by atoms with Crippen molar-refractivity contribution in [3.05, 3.63) is 59.4 Å². The fraction of sp³-hybridized carbons (Fsp3) is 0.250. The third-order valence-electron chi connectivity index (χ3n) is 3.32. The maximum absolute atomic E-state index is 5.92. The first kappa shape index (κ1) is 12.8. The minimum atomic E-state index is -0.136. The lowest BCUT2D eigenvalue weighted by atomic mass is 10.1. The first-order valence-corrected chi connectivity index (χ1v) is 6.63. The summed E-state index contributed by atoms with van der Waals surface area (Å²) in [6.07, 6.45) is 3.64. The summed E-state index contributed by atoms with van der Waals surface area (Å²) < 4.78 is 5.92. The van der Waals surface area contributed by atoms with Gasteiger partial charge in [0, 0.05) is 17.8 Å². The molecule has 4 nitrogen and oxygen atoms in total. The highest BCUT2D eigenvalue weighted by Gasteiger charge is 2.19. The Morgan fingerprint density at radius 3 is 2.50 bits per heavy atom. The minimum Gasteiger partial charge on any atom is -0.459 e. The summed E-state index contributed by atoms with van der Waals surface area (Å²) in [4.78, 5) is 8.76. The van der Waals surface area contributed by atoms with E-state index in [-0.39, 0.29) is 6.04 Å². The minimum absolute atomic E-state index is 0.136. The molecule has 0 aliphatic carbocycles. The molecule has 3 rings (SSSR count). The van der Waals surface area contributed by atoms with Gasteiger partial charge < -0.3 is 9.73 Å². The van der Waals surface area contributed by atoms with Gasteiger partial charge >= 0.3 is 0 Å². The van der Waals surface area contributed by atoms with Gasteiger partial charge in [-0.15, -0.1) is 0 Å².